The minimum absolute atomic E-state index is 0.0941. The molecule has 2 N–H and O–H groups in total. The van der Waals surface area contributed by atoms with Crippen molar-refractivity contribution >= 4 is 34.8 Å². The second-order valence-corrected chi connectivity index (χ2v) is 8.40. The highest BCUT2D eigenvalue weighted by molar-refractivity contribution is 6.31. The molecule has 3 aromatic rings. The molecule has 0 saturated carbocycles. The Labute approximate surface area is 199 Å². The molecule has 2 amide bonds. The number of halogens is 4. The smallest absolute Gasteiger partial charge is 0.322 e. The predicted molar refractivity (Wildman–Crippen MR) is 125 cm³/mol. The molecule has 6 nitrogen and oxygen atoms in total. The van der Waals surface area contributed by atoms with E-state index in [0.29, 0.717) is 17.0 Å². The van der Waals surface area contributed by atoms with Gasteiger partial charge in [0.15, 0.2) is 5.69 Å². The van der Waals surface area contributed by atoms with Crippen LogP contribution in [0.2, 0.25) is 5.02 Å². The molecule has 1 aromatic heterocycles. The quantitative estimate of drug-likeness (QED) is 0.392. The van der Waals surface area contributed by atoms with E-state index in [2.05, 4.69) is 22.3 Å². The summed E-state index contributed by atoms with van der Waals surface area (Å²) in [4.78, 5) is 24.4. The van der Waals surface area contributed by atoms with E-state index in [1.807, 2.05) is 19.9 Å². The number of nitrogens with zero attached hydrogens (tertiary/aromatic N) is 2. The van der Waals surface area contributed by atoms with Crippen LogP contribution in [0.15, 0.2) is 61.3 Å². The second kappa shape index (κ2) is 10.1. The van der Waals surface area contributed by atoms with E-state index in [1.165, 1.54) is 24.3 Å². The van der Waals surface area contributed by atoms with Crippen LogP contribution in [0.1, 0.15) is 35.5 Å². The lowest BCUT2D eigenvalue weighted by Gasteiger charge is -2.14. The first-order valence-electron chi connectivity index (χ1n) is 10.3. The van der Waals surface area contributed by atoms with E-state index in [-0.39, 0.29) is 22.1 Å². The normalized spacial score (nSPS) is 11.4. The number of aromatic nitrogens is 2. The fraction of sp³-hybridized carbons (Fsp3) is 0.208. The fourth-order valence-corrected chi connectivity index (χ4v) is 3.63. The number of anilines is 2. The molecule has 0 saturated heterocycles. The summed E-state index contributed by atoms with van der Waals surface area (Å²) >= 11 is 6.02. The Morgan fingerprint density at radius 1 is 1.15 bits per heavy atom. The van der Waals surface area contributed by atoms with Crippen molar-refractivity contribution in [2.45, 2.75) is 26.4 Å². The van der Waals surface area contributed by atoms with E-state index >= 15 is 0 Å². The van der Waals surface area contributed by atoms with Crippen molar-refractivity contribution in [2.75, 3.05) is 10.6 Å². The maximum absolute atomic E-state index is 14.0. The Morgan fingerprint density at radius 2 is 1.82 bits per heavy atom. The molecule has 0 aliphatic carbocycles. The predicted octanol–water partition coefficient (Wildman–Crippen LogP) is 6.12. The molecular weight excluding hydrogens is 469 g/mol. The highest BCUT2D eigenvalue weighted by Gasteiger charge is 2.40. The van der Waals surface area contributed by atoms with Gasteiger partial charge in [-0.2, -0.15) is 18.3 Å². The van der Waals surface area contributed by atoms with Gasteiger partial charge in [0.2, 0.25) is 5.91 Å². The molecule has 0 aliphatic rings. The number of nitrogens with one attached hydrogen (secondary N) is 2. The average molecular weight is 491 g/mol. The summed E-state index contributed by atoms with van der Waals surface area (Å²) < 4.78 is 42.8. The SMILES string of the molecule is C=CC(=O)Nc1cc(Cl)cc(NC(=O)c2cnn(-c3cccc(CC(C)C)c3)c2C(F)(F)F)c1. The van der Waals surface area contributed by atoms with Gasteiger partial charge in [0.1, 0.15) is 0 Å². The average Bonchev–Trinajstić information content (AvgIpc) is 3.19. The Kier molecular flexibility index (Phi) is 7.46. The zero-order valence-electron chi connectivity index (χ0n) is 18.4. The van der Waals surface area contributed by atoms with Crippen molar-refractivity contribution in [1.82, 2.24) is 9.78 Å². The van der Waals surface area contributed by atoms with Crippen molar-refractivity contribution in [1.29, 1.82) is 0 Å². The molecule has 0 bridgehead atoms. The zero-order valence-corrected chi connectivity index (χ0v) is 19.2. The summed E-state index contributed by atoms with van der Waals surface area (Å²) in [5.74, 6) is -1.23. The Bertz CT molecular complexity index is 1240. The van der Waals surface area contributed by atoms with Gasteiger partial charge < -0.3 is 10.6 Å². The lowest BCUT2D eigenvalue weighted by Crippen LogP contribution is -2.21. The summed E-state index contributed by atoms with van der Waals surface area (Å²) in [5, 5.41) is 8.89. The van der Waals surface area contributed by atoms with Crippen molar-refractivity contribution in [3.63, 3.8) is 0 Å². The first kappa shape index (κ1) is 25.0. The van der Waals surface area contributed by atoms with Gasteiger partial charge in [-0.15, -0.1) is 0 Å². The first-order valence-corrected chi connectivity index (χ1v) is 10.7. The third kappa shape index (κ3) is 6.05. The number of hydrogen-bond acceptors (Lipinski definition) is 3. The molecular formula is C24H22ClF3N4O2. The topological polar surface area (TPSA) is 76.0 Å². The molecule has 2 aromatic carbocycles. The number of amides is 2. The third-order valence-electron chi connectivity index (χ3n) is 4.69. The first-order chi connectivity index (χ1) is 16.0. The molecule has 0 unspecified atom stereocenters. The number of alkyl halides is 3. The van der Waals surface area contributed by atoms with Crippen LogP contribution in [0.25, 0.3) is 5.69 Å². The number of rotatable bonds is 7. The van der Waals surface area contributed by atoms with Gasteiger partial charge in [-0.25, -0.2) is 4.68 Å². The lowest BCUT2D eigenvalue weighted by atomic mass is 10.0. The maximum atomic E-state index is 14.0. The minimum atomic E-state index is -4.85. The molecule has 34 heavy (non-hydrogen) atoms. The van der Waals surface area contributed by atoms with E-state index in [4.69, 9.17) is 11.6 Å². The van der Waals surface area contributed by atoms with Crippen LogP contribution in [0.5, 0.6) is 0 Å². The van der Waals surface area contributed by atoms with Gasteiger partial charge in [-0.05, 0) is 54.3 Å². The van der Waals surface area contributed by atoms with Crippen LogP contribution in [0, 0.1) is 5.92 Å². The van der Waals surface area contributed by atoms with Gasteiger partial charge in [0.25, 0.3) is 5.91 Å². The van der Waals surface area contributed by atoms with E-state index in [1.54, 1.807) is 12.1 Å². The van der Waals surface area contributed by atoms with Crippen LogP contribution >= 0.6 is 11.6 Å². The number of hydrogen-bond donors (Lipinski definition) is 2. The second-order valence-electron chi connectivity index (χ2n) is 7.96. The van der Waals surface area contributed by atoms with Crippen LogP contribution in [0.4, 0.5) is 24.5 Å². The molecule has 1 heterocycles. The molecule has 3 rings (SSSR count). The molecule has 0 radical (unpaired) electrons. The van der Waals surface area contributed by atoms with Crippen molar-refractivity contribution in [3.05, 3.63) is 83.2 Å². The zero-order chi connectivity index (χ0) is 25.0. The van der Waals surface area contributed by atoms with Gasteiger partial charge >= 0.3 is 6.18 Å². The minimum Gasteiger partial charge on any atom is -0.322 e. The van der Waals surface area contributed by atoms with Gasteiger partial charge in [0.05, 0.1) is 17.4 Å². The van der Waals surface area contributed by atoms with Gasteiger partial charge in [0, 0.05) is 16.4 Å². The molecule has 0 fully saturated rings. The van der Waals surface area contributed by atoms with Gasteiger partial charge in [-0.1, -0.05) is 44.2 Å². The number of carbonyl (C=O) groups is 2. The Balaban J connectivity index is 1.97. The van der Waals surface area contributed by atoms with Gasteiger partial charge in [-0.3, -0.25) is 9.59 Å². The summed E-state index contributed by atoms with van der Waals surface area (Å²) in [6.45, 7) is 7.35. The van der Waals surface area contributed by atoms with Crippen LogP contribution in [-0.2, 0) is 17.4 Å². The summed E-state index contributed by atoms with van der Waals surface area (Å²) in [6, 6.07) is 10.7. The van der Waals surface area contributed by atoms with Crippen molar-refractivity contribution < 1.29 is 22.8 Å². The maximum Gasteiger partial charge on any atom is 0.434 e. The molecule has 0 atom stereocenters. The molecule has 0 aliphatic heterocycles. The summed E-state index contributed by atoms with van der Waals surface area (Å²) in [5.41, 5.74) is -0.470. The molecule has 0 spiro atoms. The Morgan fingerprint density at radius 3 is 2.44 bits per heavy atom. The van der Waals surface area contributed by atoms with Crippen LogP contribution in [0.3, 0.4) is 0 Å². The van der Waals surface area contributed by atoms with E-state index in [0.717, 1.165) is 17.8 Å². The monoisotopic (exact) mass is 490 g/mol. The summed E-state index contributed by atoms with van der Waals surface area (Å²) in [7, 11) is 0. The Hall–Kier alpha value is -3.59. The summed E-state index contributed by atoms with van der Waals surface area (Å²) in [6.07, 6.45) is -2.25. The van der Waals surface area contributed by atoms with E-state index in [9.17, 15) is 22.8 Å². The highest BCUT2D eigenvalue weighted by atomic mass is 35.5. The van der Waals surface area contributed by atoms with Crippen molar-refractivity contribution in [2.24, 2.45) is 5.92 Å². The van der Waals surface area contributed by atoms with Crippen LogP contribution in [-0.4, -0.2) is 21.6 Å². The third-order valence-corrected chi connectivity index (χ3v) is 4.91. The standard InChI is InChI=1S/C24H22ClF3N4O2/c1-4-21(33)30-17-10-16(25)11-18(12-17)31-23(34)20-13-29-32(22(20)24(26,27)28)19-7-5-6-15(9-19)8-14(2)3/h4-7,9-14H,1,8H2,2-3H3,(H,30,33)(H,31,34). The largest absolute Gasteiger partial charge is 0.434 e. The highest BCUT2D eigenvalue weighted by Crippen LogP contribution is 2.34. The number of carbonyl (C=O) groups excluding carboxylic acids is 2. The molecule has 10 heteroatoms. The van der Waals surface area contributed by atoms with Crippen molar-refractivity contribution in [3.8, 4) is 5.69 Å². The number of benzene rings is 2. The lowest BCUT2D eigenvalue weighted by molar-refractivity contribution is -0.143. The molecule has 178 valence electrons. The van der Waals surface area contributed by atoms with E-state index < -0.39 is 29.2 Å². The van der Waals surface area contributed by atoms with Crippen LogP contribution < -0.4 is 10.6 Å². The fourth-order valence-electron chi connectivity index (χ4n) is 3.40.